The van der Waals surface area contributed by atoms with E-state index in [1.807, 2.05) is 0 Å². The summed E-state index contributed by atoms with van der Waals surface area (Å²) >= 11 is 0. The van der Waals surface area contributed by atoms with Gasteiger partial charge in [-0.3, -0.25) is 4.48 Å². The smallest absolute Gasteiger partial charge is 0.362 e. The first-order chi connectivity index (χ1) is 19.2. The molecular weight excluding hydrogens is 506 g/mol. The first-order valence-electron chi connectivity index (χ1n) is 16.4. The van der Waals surface area contributed by atoms with Crippen LogP contribution in [0.4, 0.5) is 0 Å². The van der Waals surface area contributed by atoms with E-state index in [-0.39, 0.29) is 25.8 Å². The largest absolute Gasteiger partial charge is 0.477 e. The first kappa shape index (κ1) is 38.1. The third-order valence-corrected chi connectivity index (χ3v) is 8.56. The summed E-state index contributed by atoms with van der Waals surface area (Å²) in [6, 6.07) is -3.25. The molecule has 0 aromatic heterocycles. The van der Waals surface area contributed by atoms with Gasteiger partial charge in [-0.2, -0.15) is 0 Å². The van der Waals surface area contributed by atoms with Gasteiger partial charge in [0, 0.05) is 25.7 Å². The molecular formula is C33H62NO6+. The zero-order chi connectivity index (χ0) is 30.2. The van der Waals surface area contributed by atoms with Crippen molar-refractivity contribution in [1.29, 1.82) is 0 Å². The summed E-state index contributed by atoms with van der Waals surface area (Å²) in [5, 5.41) is 30.0. The van der Waals surface area contributed by atoms with Crippen molar-refractivity contribution in [1.82, 2.24) is 0 Å². The zero-order valence-corrected chi connectivity index (χ0v) is 26.2. The lowest BCUT2D eigenvalue weighted by molar-refractivity contribution is -0.973. The molecule has 3 N–H and O–H groups in total. The molecule has 0 aliphatic heterocycles. The van der Waals surface area contributed by atoms with Crippen molar-refractivity contribution >= 4 is 17.9 Å². The van der Waals surface area contributed by atoms with Crippen molar-refractivity contribution in [2.24, 2.45) is 0 Å². The molecule has 0 aliphatic rings. The van der Waals surface area contributed by atoms with E-state index in [4.69, 9.17) is 0 Å². The molecule has 0 rings (SSSR count). The second kappa shape index (κ2) is 23.8. The minimum Gasteiger partial charge on any atom is -0.477 e. The predicted molar refractivity (Wildman–Crippen MR) is 164 cm³/mol. The molecule has 0 saturated carbocycles. The Kier molecular flexibility index (Phi) is 22.7. The Balaban J connectivity index is 4.57. The maximum Gasteiger partial charge on any atom is 0.362 e. The van der Waals surface area contributed by atoms with Crippen molar-refractivity contribution in [3.63, 3.8) is 0 Å². The summed E-state index contributed by atoms with van der Waals surface area (Å²) < 4.78 is -0.434. The zero-order valence-electron chi connectivity index (χ0n) is 26.2. The van der Waals surface area contributed by atoms with Crippen LogP contribution in [0.15, 0.2) is 12.2 Å². The molecule has 7 heteroatoms. The number of nitrogens with zero attached hydrogens (tertiary/aromatic N) is 1. The molecule has 0 spiro atoms. The van der Waals surface area contributed by atoms with Gasteiger partial charge in [0.05, 0.1) is 6.54 Å². The molecule has 0 bridgehead atoms. The SMILES string of the molecule is CCCCCCCCCCCCCCCC/C=C/CCC[N+](C(CC)C(=O)O)(C(CC)C(=O)O)C(CC)C(=O)O. The van der Waals surface area contributed by atoms with Gasteiger partial charge in [0.2, 0.25) is 0 Å². The number of hydrogen-bond acceptors (Lipinski definition) is 3. The summed E-state index contributed by atoms with van der Waals surface area (Å²) in [4.78, 5) is 36.7. The Morgan fingerprint density at radius 1 is 0.500 bits per heavy atom. The highest BCUT2D eigenvalue weighted by atomic mass is 16.4. The van der Waals surface area contributed by atoms with Gasteiger partial charge in [-0.1, -0.05) is 123 Å². The Morgan fingerprint density at radius 3 is 1.10 bits per heavy atom. The number of quaternary nitrogens is 1. The Hall–Kier alpha value is -1.89. The third-order valence-electron chi connectivity index (χ3n) is 8.56. The third kappa shape index (κ3) is 14.1. The lowest BCUT2D eigenvalue weighted by Crippen LogP contribution is -2.72. The van der Waals surface area contributed by atoms with Crippen LogP contribution in [0.3, 0.4) is 0 Å². The van der Waals surface area contributed by atoms with E-state index in [9.17, 15) is 29.7 Å². The van der Waals surface area contributed by atoms with Crippen LogP contribution in [0.25, 0.3) is 0 Å². The quantitative estimate of drug-likeness (QED) is 0.0495. The number of unbranched alkanes of at least 4 members (excludes halogenated alkanes) is 15. The molecule has 0 aliphatic carbocycles. The molecule has 0 amide bonds. The van der Waals surface area contributed by atoms with Crippen LogP contribution < -0.4 is 0 Å². The number of carboxylic acid groups (broad SMARTS) is 3. The van der Waals surface area contributed by atoms with Crippen LogP contribution in [0.1, 0.15) is 156 Å². The average Bonchev–Trinajstić information content (AvgIpc) is 2.90. The number of carboxylic acids is 3. The van der Waals surface area contributed by atoms with E-state index in [2.05, 4.69) is 19.1 Å². The molecule has 234 valence electrons. The second-order valence-corrected chi connectivity index (χ2v) is 11.5. The van der Waals surface area contributed by atoms with E-state index in [1.54, 1.807) is 20.8 Å². The van der Waals surface area contributed by atoms with Crippen molar-refractivity contribution < 1.29 is 34.2 Å². The summed E-state index contributed by atoms with van der Waals surface area (Å²) in [6.07, 6.45) is 25.7. The highest BCUT2D eigenvalue weighted by Gasteiger charge is 2.55. The fourth-order valence-corrected chi connectivity index (χ4v) is 6.46. The fraction of sp³-hybridized carbons (Fsp3) is 0.848. The van der Waals surface area contributed by atoms with E-state index in [0.29, 0.717) is 12.8 Å². The lowest BCUT2D eigenvalue weighted by atomic mass is 9.94. The van der Waals surface area contributed by atoms with Crippen LogP contribution in [0.2, 0.25) is 0 Å². The molecule has 0 aromatic rings. The number of rotatable bonds is 28. The summed E-state index contributed by atoms with van der Waals surface area (Å²) in [6.45, 7) is 7.57. The monoisotopic (exact) mass is 568 g/mol. The Labute approximate surface area is 245 Å². The molecule has 7 nitrogen and oxygen atoms in total. The van der Waals surface area contributed by atoms with Crippen LogP contribution in [-0.4, -0.2) is 62.4 Å². The molecule has 0 aromatic carbocycles. The maximum absolute atomic E-state index is 12.2. The van der Waals surface area contributed by atoms with Crippen molar-refractivity contribution in [3.05, 3.63) is 12.2 Å². The summed E-state index contributed by atoms with van der Waals surface area (Å²) in [5.41, 5.74) is 0. The van der Waals surface area contributed by atoms with Crippen LogP contribution in [-0.2, 0) is 14.4 Å². The minimum atomic E-state index is -1.13. The minimum absolute atomic E-state index is 0.178. The van der Waals surface area contributed by atoms with Crippen LogP contribution >= 0.6 is 0 Å². The predicted octanol–water partition coefficient (Wildman–Crippen LogP) is 8.60. The first-order valence-corrected chi connectivity index (χ1v) is 16.4. The molecule has 3 atom stereocenters. The van der Waals surface area contributed by atoms with Gasteiger partial charge in [0.15, 0.2) is 18.1 Å². The van der Waals surface area contributed by atoms with Crippen LogP contribution in [0.5, 0.6) is 0 Å². The van der Waals surface area contributed by atoms with Gasteiger partial charge in [-0.05, 0) is 19.3 Å². The highest BCUT2D eigenvalue weighted by Crippen LogP contribution is 2.32. The van der Waals surface area contributed by atoms with E-state index in [1.165, 1.54) is 83.5 Å². The normalized spacial score (nSPS) is 15.5. The molecule has 0 fully saturated rings. The van der Waals surface area contributed by atoms with E-state index < -0.39 is 40.5 Å². The Bertz CT molecular complexity index is 652. The molecule has 40 heavy (non-hydrogen) atoms. The molecule has 3 unspecified atom stereocenters. The number of carbonyl (C=O) groups is 3. The fourth-order valence-electron chi connectivity index (χ4n) is 6.46. The molecule has 0 saturated heterocycles. The van der Waals surface area contributed by atoms with E-state index >= 15 is 0 Å². The molecule has 0 heterocycles. The van der Waals surface area contributed by atoms with Gasteiger partial charge in [0.1, 0.15) is 0 Å². The number of allylic oxidation sites excluding steroid dienone is 2. The summed E-state index contributed by atoms with van der Waals surface area (Å²) in [5.74, 6) is -3.39. The average molecular weight is 569 g/mol. The molecule has 0 radical (unpaired) electrons. The van der Waals surface area contributed by atoms with Crippen molar-refractivity contribution in [2.75, 3.05) is 6.54 Å². The van der Waals surface area contributed by atoms with Gasteiger partial charge < -0.3 is 15.3 Å². The summed E-state index contributed by atoms with van der Waals surface area (Å²) in [7, 11) is 0. The topological polar surface area (TPSA) is 112 Å². The van der Waals surface area contributed by atoms with Crippen molar-refractivity contribution in [3.8, 4) is 0 Å². The lowest BCUT2D eigenvalue weighted by Gasteiger charge is -2.49. The van der Waals surface area contributed by atoms with E-state index in [0.717, 1.165) is 12.8 Å². The second-order valence-electron chi connectivity index (χ2n) is 11.5. The van der Waals surface area contributed by atoms with Crippen LogP contribution in [0, 0.1) is 0 Å². The van der Waals surface area contributed by atoms with Crippen molar-refractivity contribution in [2.45, 2.75) is 174 Å². The maximum atomic E-state index is 12.2. The van der Waals surface area contributed by atoms with Gasteiger partial charge >= 0.3 is 17.9 Å². The standard InChI is InChI=1S/C33H61NO6/c1-5-9-10-11-12-13-14-15-16-17-18-19-20-21-22-23-24-25-26-27-34(28(6-2)31(35)36,29(7-3)32(37)38)30(8-4)33(39)40/h23-24,28-30H,5-22,25-27H2,1-4H3,(H2-,35,36,37,38,39,40)/p+1/b24-23+. The number of aliphatic carboxylic acids is 3. The Morgan fingerprint density at radius 2 is 0.800 bits per heavy atom. The van der Waals surface area contributed by atoms with Gasteiger partial charge in [-0.25, -0.2) is 14.4 Å². The van der Waals surface area contributed by atoms with Gasteiger partial charge in [-0.15, -0.1) is 0 Å². The van der Waals surface area contributed by atoms with Gasteiger partial charge in [0.25, 0.3) is 0 Å². The highest BCUT2D eigenvalue weighted by molar-refractivity contribution is 5.78. The number of hydrogen-bond donors (Lipinski definition) is 3.